The van der Waals surface area contributed by atoms with E-state index in [0.29, 0.717) is 22.3 Å². The van der Waals surface area contributed by atoms with Gasteiger partial charge in [0, 0.05) is 32.4 Å². The summed E-state index contributed by atoms with van der Waals surface area (Å²) in [6.45, 7) is 1.98. The molecule has 0 fully saturated rings. The number of fused-ring (bicyclic) bond motifs is 2. The zero-order valence-corrected chi connectivity index (χ0v) is 12.3. The maximum absolute atomic E-state index is 12.6. The van der Waals surface area contributed by atoms with E-state index in [0.717, 1.165) is 4.90 Å². The minimum absolute atomic E-state index is 0.0460. The van der Waals surface area contributed by atoms with E-state index in [1.54, 1.807) is 36.4 Å². The number of benzene rings is 2. The highest BCUT2D eigenvalue weighted by atomic mass is 32.2. The second-order valence-corrected chi connectivity index (χ2v) is 6.53. The molecule has 1 atom stereocenters. The van der Waals surface area contributed by atoms with Gasteiger partial charge in [0.1, 0.15) is 0 Å². The van der Waals surface area contributed by atoms with E-state index >= 15 is 0 Å². The van der Waals surface area contributed by atoms with Crippen molar-refractivity contribution in [2.45, 2.75) is 17.1 Å². The number of rotatable bonds is 3. The van der Waals surface area contributed by atoms with Crippen LogP contribution in [0, 0.1) is 0 Å². The normalized spacial score (nSPS) is 14.6. The quantitative estimate of drug-likeness (QED) is 0.755. The monoisotopic (exact) mass is 298 g/mol. The van der Waals surface area contributed by atoms with E-state index in [1.807, 2.05) is 13.0 Å². The lowest BCUT2D eigenvalue weighted by Crippen LogP contribution is -2.20. The van der Waals surface area contributed by atoms with Crippen molar-refractivity contribution in [1.82, 2.24) is 0 Å². The van der Waals surface area contributed by atoms with E-state index in [1.165, 1.54) is 11.8 Å². The molecule has 0 aliphatic heterocycles. The lowest BCUT2D eigenvalue weighted by Gasteiger charge is -2.18. The molecular weight excluding hydrogens is 284 g/mol. The van der Waals surface area contributed by atoms with Crippen LogP contribution in [-0.2, 0) is 0 Å². The fourth-order valence-corrected chi connectivity index (χ4v) is 3.29. The molecule has 0 spiro atoms. The van der Waals surface area contributed by atoms with Gasteiger partial charge in [0.15, 0.2) is 11.6 Å². The molecule has 0 radical (unpaired) electrons. The third-order valence-corrected chi connectivity index (χ3v) is 4.57. The molecule has 0 saturated carbocycles. The Hall–Kier alpha value is -1.91. The molecule has 0 bridgehead atoms. The zero-order valence-electron chi connectivity index (χ0n) is 11.5. The molecule has 0 aromatic heterocycles. The van der Waals surface area contributed by atoms with Crippen molar-refractivity contribution in [1.29, 1.82) is 0 Å². The molecule has 2 aromatic rings. The lowest BCUT2D eigenvalue weighted by atomic mass is 9.84. The van der Waals surface area contributed by atoms with Crippen molar-refractivity contribution in [3.63, 3.8) is 0 Å². The van der Waals surface area contributed by atoms with Gasteiger partial charge in [-0.05, 0) is 18.2 Å². The standard InChI is InChI=1S/C17H14O3S/c1-10(9-18)21-11-6-7-14-15(8-11)17(20)13-5-3-2-4-12(13)16(14)19/h2-8,10,18H,9H2,1H3. The van der Waals surface area contributed by atoms with Gasteiger partial charge < -0.3 is 5.11 Å². The average molecular weight is 298 g/mol. The molecule has 2 aromatic carbocycles. The van der Waals surface area contributed by atoms with Crippen molar-refractivity contribution >= 4 is 23.3 Å². The molecule has 1 aliphatic rings. The molecule has 4 heteroatoms. The molecule has 3 rings (SSSR count). The SMILES string of the molecule is CC(CO)Sc1ccc2c(c1)C(=O)c1ccccc1C2=O. The van der Waals surface area contributed by atoms with Crippen LogP contribution in [-0.4, -0.2) is 28.5 Å². The van der Waals surface area contributed by atoms with Crippen LogP contribution in [0.5, 0.6) is 0 Å². The van der Waals surface area contributed by atoms with Crippen LogP contribution >= 0.6 is 11.8 Å². The van der Waals surface area contributed by atoms with Gasteiger partial charge in [-0.25, -0.2) is 0 Å². The molecule has 1 N–H and O–H groups in total. The topological polar surface area (TPSA) is 54.4 Å². The van der Waals surface area contributed by atoms with Crippen molar-refractivity contribution in [2.75, 3.05) is 6.61 Å². The number of thioether (sulfide) groups is 1. The maximum atomic E-state index is 12.6. The Bertz CT molecular complexity index is 737. The summed E-state index contributed by atoms with van der Waals surface area (Å²) in [6.07, 6.45) is 0. The molecular formula is C17H14O3S. The lowest BCUT2D eigenvalue weighted by molar-refractivity contribution is 0.0979. The van der Waals surface area contributed by atoms with Gasteiger partial charge in [-0.3, -0.25) is 9.59 Å². The highest BCUT2D eigenvalue weighted by Gasteiger charge is 2.29. The maximum Gasteiger partial charge on any atom is 0.194 e. The summed E-state index contributed by atoms with van der Waals surface area (Å²) in [7, 11) is 0. The molecule has 0 heterocycles. The minimum Gasteiger partial charge on any atom is -0.395 e. The number of hydrogen-bond acceptors (Lipinski definition) is 4. The number of carbonyl (C=O) groups is 2. The average Bonchev–Trinajstić information content (AvgIpc) is 2.52. The molecule has 106 valence electrons. The predicted molar refractivity (Wildman–Crippen MR) is 82.2 cm³/mol. The highest BCUT2D eigenvalue weighted by molar-refractivity contribution is 8.00. The second-order valence-electron chi connectivity index (χ2n) is 5.02. The molecule has 1 aliphatic carbocycles. The van der Waals surface area contributed by atoms with Gasteiger partial charge in [-0.15, -0.1) is 11.8 Å². The van der Waals surface area contributed by atoms with Gasteiger partial charge in [-0.1, -0.05) is 31.2 Å². The summed E-state index contributed by atoms with van der Waals surface area (Å²) in [5, 5.41) is 9.16. The van der Waals surface area contributed by atoms with Crippen LogP contribution in [0.2, 0.25) is 0 Å². The number of aliphatic hydroxyl groups excluding tert-OH is 1. The third-order valence-electron chi connectivity index (χ3n) is 3.49. The van der Waals surface area contributed by atoms with Crippen LogP contribution in [0.25, 0.3) is 0 Å². The van der Waals surface area contributed by atoms with Crippen LogP contribution in [0.4, 0.5) is 0 Å². The Morgan fingerprint density at radius 1 is 0.952 bits per heavy atom. The first-order valence-electron chi connectivity index (χ1n) is 6.72. The summed E-state index contributed by atoms with van der Waals surface area (Å²) in [5.41, 5.74) is 1.85. The van der Waals surface area contributed by atoms with E-state index in [-0.39, 0.29) is 23.4 Å². The van der Waals surface area contributed by atoms with Crippen LogP contribution < -0.4 is 0 Å². The van der Waals surface area contributed by atoms with Crippen molar-refractivity contribution < 1.29 is 14.7 Å². The molecule has 0 amide bonds. The Kier molecular flexibility index (Phi) is 3.66. The van der Waals surface area contributed by atoms with Gasteiger partial charge >= 0.3 is 0 Å². The summed E-state index contributed by atoms with van der Waals surface area (Å²) in [4.78, 5) is 25.9. The molecule has 1 unspecified atom stereocenters. The van der Waals surface area contributed by atoms with Gasteiger partial charge in [0.05, 0.1) is 6.61 Å². The molecule has 0 saturated heterocycles. The van der Waals surface area contributed by atoms with Crippen molar-refractivity contribution in [2.24, 2.45) is 0 Å². The Morgan fingerprint density at radius 3 is 2.14 bits per heavy atom. The zero-order chi connectivity index (χ0) is 15.0. The van der Waals surface area contributed by atoms with E-state index in [4.69, 9.17) is 5.11 Å². The van der Waals surface area contributed by atoms with Crippen molar-refractivity contribution in [3.8, 4) is 0 Å². The van der Waals surface area contributed by atoms with Crippen LogP contribution in [0.1, 0.15) is 38.8 Å². The molecule has 3 nitrogen and oxygen atoms in total. The number of hydrogen-bond donors (Lipinski definition) is 1. The number of carbonyl (C=O) groups excluding carboxylic acids is 2. The fraction of sp³-hybridized carbons (Fsp3) is 0.176. The Morgan fingerprint density at radius 2 is 1.52 bits per heavy atom. The Labute approximate surface area is 127 Å². The number of aliphatic hydroxyl groups is 1. The minimum atomic E-state index is -0.112. The first-order valence-corrected chi connectivity index (χ1v) is 7.59. The first kappa shape index (κ1) is 14.0. The Balaban J connectivity index is 2.07. The third kappa shape index (κ3) is 2.41. The van der Waals surface area contributed by atoms with E-state index in [9.17, 15) is 9.59 Å². The van der Waals surface area contributed by atoms with E-state index < -0.39 is 0 Å². The van der Waals surface area contributed by atoms with Crippen molar-refractivity contribution in [3.05, 3.63) is 64.7 Å². The van der Waals surface area contributed by atoms with Gasteiger partial charge in [0.2, 0.25) is 0 Å². The summed E-state index contributed by atoms with van der Waals surface area (Å²) in [5.74, 6) is -0.216. The highest BCUT2D eigenvalue weighted by Crippen LogP contribution is 2.31. The first-order chi connectivity index (χ1) is 10.1. The predicted octanol–water partition coefficient (Wildman–Crippen LogP) is 2.93. The molecule has 21 heavy (non-hydrogen) atoms. The van der Waals surface area contributed by atoms with Crippen LogP contribution in [0.15, 0.2) is 47.4 Å². The summed E-state index contributed by atoms with van der Waals surface area (Å²) in [6, 6.07) is 12.2. The van der Waals surface area contributed by atoms with Crippen LogP contribution in [0.3, 0.4) is 0 Å². The smallest absolute Gasteiger partial charge is 0.194 e. The second kappa shape index (κ2) is 5.47. The summed E-state index contributed by atoms with van der Waals surface area (Å²) < 4.78 is 0. The van der Waals surface area contributed by atoms with E-state index in [2.05, 4.69) is 0 Å². The summed E-state index contributed by atoms with van der Waals surface area (Å²) >= 11 is 1.49. The number of ketones is 2. The van der Waals surface area contributed by atoms with Gasteiger partial charge in [-0.2, -0.15) is 0 Å². The largest absolute Gasteiger partial charge is 0.395 e. The van der Waals surface area contributed by atoms with Gasteiger partial charge in [0.25, 0.3) is 0 Å². The fourth-order valence-electron chi connectivity index (χ4n) is 2.42.